The van der Waals surface area contributed by atoms with Crippen LogP contribution in [0.15, 0.2) is 59.4 Å². The van der Waals surface area contributed by atoms with Gasteiger partial charge in [-0.15, -0.1) is 0 Å². The third kappa shape index (κ3) is 5.21. The van der Waals surface area contributed by atoms with Gasteiger partial charge in [0, 0.05) is 56.2 Å². The van der Waals surface area contributed by atoms with Crippen LogP contribution < -0.4 is 10.2 Å². The molecule has 1 saturated heterocycles. The van der Waals surface area contributed by atoms with Crippen molar-refractivity contribution in [2.45, 2.75) is 52.1 Å². The summed E-state index contributed by atoms with van der Waals surface area (Å²) in [6.07, 6.45) is 4.12. The maximum absolute atomic E-state index is 13.6. The lowest BCUT2D eigenvalue weighted by atomic mass is 9.87. The van der Waals surface area contributed by atoms with Crippen LogP contribution >= 0.6 is 0 Å². The molecule has 0 bridgehead atoms. The Bertz CT molecular complexity index is 1340. The first kappa shape index (κ1) is 25.3. The second-order valence-electron chi connectivity index (χ2n) is 10.3. The van der Waals surface area contributed by atoms with E-state index in [1.165, 1.54) is 17.5 Å². The zero-order valence-corrected chi connectivity index (χ0v) is 22.2. The topological polar surface area (TPSA) is 54.8 Å². The number of amides is 1. The fourth-order valence-corrected chi connectivity index (χ4v) is 6.10. The van der Waals surface area contributed by atoms with Gasteiger partial charge in [0.1, 0.15) is 11.3 Å². The molecule has 1 aliphatic heterocycles. The highest BCUT2D eigenvalue weighted by atomic mass is 16.5. The summed E-state index contributed by atoms with van der Waals surface area (Å²) in [5.41, 5.74) is 5.79. The monoisotopic (exact) mass is 499 g/mol. The highest BCUT2D eigenvalue weighted by Gasteiger charge is 2.30. The van der Waals surface area contributed by atoms with Gasteiger partial charge in [-0.05, 0) is 62.3 Å². The Morgan fingerprint density at radius 2 is 1.68 bits per heavy atom. The zero-order chi connectivity index (χ0) is 25.9. The van der Waals surface area contributed by atoms with Gasteiger partial charge in [0.15, 0.2) is 5.43 Å². The number of ether oxygens (including phenoxy) is 1. The van der Waals surface area contributed by atoms with Crippen LogP contribution in [0.25, 0.3) is 0 Å². The second-order valence-corrected chi connectivity index (χ2v) is 10.3. The van der Waals surface area contributed by atoms with Crippen molar-refractivity contribution in [2.24, 2.45) is 0 Å². The van der Waals surface area contributed by atoms with Gasteiger partial charge in [0.25, 0.3) is 5.91 Å². The van der Waals surface area contributed by atoms with Crippen LogP contribution in [0.5, 0.6) is 5.75 Å². The summed E-state index contributed by atoms with van der Waals surface area (Å²) in [5.74, 6) is 0.719. The molecule has 3 aromatic rings. The summed E-state index contributed by atoms with van der Waals surface area (Å²) in [4.78, 5) is 31.0. The molecule has 2 aliphatic rings. The van der Waals surface area contributed by atoms with Gasteiger partial charge in [-0.3, -0.25) is 14.5 Å². The van der Waals surface area contributed by atoms with Crippen molar-refractivity contribution < 1.29 is 9.53 Å². The fourth-order valence-electron chi connectivity index (χ4n) is 6.10. The van der Waals surface area contributed by atoms with E-state index in [0.29, 0.717) is 31.2 Å². The van der Waals surface area contributed by atoms with Crippen molar-refractivity contribution in [1.29, 1.82) is 0 Å². The maximum atomic E-state index is 13.6. The Hall–Kier alpha value is -3.38. The third-order valence-corrected chi connectivity index (χ3v) is 8.23. The Morgan fingerprint density at radius 1 is 0.973 bits per heavy atom. The number of benzene rings is 2. The molecule has 0 unspecified atom stereocenters. The summed E-state index contributed by atoms with van der Waals surface area (Å²) < 4.78 is 7.59. The molecule has 37 heavy (non-hydrogen) atoms. The van der Waals surface area contributed by atoms with Crippen molar-refractivity contribution in [3.63, 3.8) is 0 Å². The summed E-state index contributed by atoms with van der Waals surface area (Å²) in [6, 6.07) is 18.9. The lowest BCUT2D eigenvalue weighted by Gasteiger charge is -2.41. The number of nitrogens with zero attached hydrogens (tertiary/aromatic N) is 3. The van der Waals surface area contributed by atoms with E-state index >= 15 is 0 Å². The summed E-state index contributed by atoms with van der Waals surface area (Å²) >= 11 is 0. The maximum Gasteiger partial charge on any atom is 0.259 e. The van der Waals surface area contributed by atoms with E-state index in [2.05, 4.69) is 39.8 Å². The normalized spacial score (nSPS) is 17.9. The molecule has 6 nitrogen and oxygen atoms in total. The highest BCUT2D eigenvalue weighted by Crippen LogP contribution is 2.26. The smallest absolute Gasteiger partial charge is 0.259 e. The van der Waals surface area contributed by atoms with E-state index in [9.17, 15) is 9.59 Å². The number of carbonyl (C=O) groups is 1. The van der Waals surface area contributed by atoms with Crippen molar-refractivity contribution in [3.05, 3.63) is 98.5 Å². The molecule has 1 atom stereocenters. The van der Waals surface area contributed by atoms with Gasteiger partial charge in [0.05, 0.1) is 7.11 Å². The molecule has 5 rings (SSSR count). The van der Waals surface area contributed by atoms with Crippen LogP contribution in [0.1, 0.15) is 44.9 Å². The first-order valence-corrected chi connectivity index (χ1v) is 13.4. The summed E-state index contributed by atoms with van der Waals surface area (Å²) in [7, 11) is 1.68. The summed E-state index contributed by atoms with van der Waals surface area (Å²) in [5, 5.41) is 0. The Kier molecular flexibility index (Phi) is 7.47. The first-order valence-electron chi connectivity index (χ1n) is 13.4. The average molecular weight is 500 g/mol. The molecule has 2 aromatic carbocycles. The number of methoxy groups -OCH3 is 1. The van der Waals surface area contributed by atoms with Gasteiger partial charge in [0.2, 0.25) is 0 Å². The summed E-state index contributed by atoms with van der Waals surface area (Å²) in [6.45, 7) is 7.54. The van der Waals surface area contributed by atoms with E-state index in [1.807, 2.05) is 36.9 Å². The van der Waals surface area contributed by atoms with Gasteiger partial charge in [-0.25, -0.2) is 0 Å². The number of hydrogen-bond acceptors (Lipinski definition) is 4. The van der Waals surface area contributed by atoms with Gasteiger partial charge < -0.3 is 14.2 Å². The molecule has 6 heteroatoms. The number of aromatic nitrogens is 1. The van der Waals surface area contributed by atoms with E-state index < -0.39 is 0 Å². The molecule has 0 N–H and O–H groups in total. The number of para-hydroxylation sites is 1. The van der Waals surface area contributed by atoms with E-state index in [1.54, 1.807) is 13.2 Å². The minimum atomic E-state index is -0.181. The van der Waals surface area contributed by atoms with Gasteiger partial charge in [-0.1, -0.05) is 42.5 Å². The quantitative estimate of drug-likeness (QED) is 0.514. The average Bonchev–Trinajstić information content (AvgIpc) is 2.92. The molecule has 0 radical (unpaired) electrons. The van der Waals surface area contributed by atoms with E-state index in [-0.39, 0.29) is 11.3 Å². The minimum Gasteiger partial charge on any atom is -0.496 e. The number of piperazine rings is 1. The van der Waals surface area contributed by atoms with Crippen LogP contribution in [-0.4, -0.2) is 59.6 Å². The lowest BCUT2D eigenvalue weighted by molar-refractivity contribution is 0.0550. The van der Waals surface area contributed by atoms with Crippen LogP contribution in [0.2, 0.25) is 0 Å². The van der Waals surface area contributed by atoms with Crippen molar-refractivity contribution in [2.75, 3.05) is 33.3 Å². The Labute approximate surface area is 219 Å². The van der Waals surface area contributed by atoms with Crippen molar-refractivity contribution in [3.8, 4) is 5.75 Å². The van der Waals surface area contributed by atoms with E-state index in [0.717, 1.165) is 55.1 Å². The largest absolute Gasteiger partial charge is 0.496 e. The second kappa shape index (κ2) is 10.9. The molecule has 2 heterocycles. The SMILES string of the molecule is COc1ccccc1CCn1c(C)cc(=O)c(C(=O)N2CCN([C@H]3CCc4ccccc4C3)CC2)c1C. The number of rotatable bonds is 6. The van der Waals surface area contributed by atoms with Crippen LogP contribution in [-0.2, 0) is 25.8 Å². The number of carbonyl (C=O) groups excluding carboxylic acids is 1. The standard InChI is InChI=1S/C31H37N3O3/c1-22-20-28(35)30(23(2)34(22)15-14-25-9-6-7-11-29(25)37-3)31(36)33-18-16-32(17-19-33)27-13-12-24-8-4-5-10-26(24)21-27/h4-11,20,27H,12-19,21H2,1-3H3/t27-/m0/s1. The predicted molar refractivity (Wildman–Crippen MR) is 147 cm³/mol. The lowest BCUT2D eigenvalue weighted by Crippen LogP contribution is -2.53. The number of hydrogen-bond donors (Lipinski definition) is 0. The van der Waals surface area contributed by atoms with Crippen LogP contribution in [0, 0.1) is 13.8 Å². The molecule has 0 spiro atoms. The molecule has 1 aliphatic carbocycles. The van der Waals surface area contributed by atoms with E-state index in [4.69, 9.17) is 4.74 Å². The predicted octanol–water partition coefficient (Wildman–Crippen LogP) is 4.03. The molecular weight excluding hydrogens is 462 g/mol. The molecule has 1 amide bonds. The number of fused-ring (bicyclic) bond motifs is 1. The Balaban J connectivity index is 1.27. The molecule has 1 aromatic heterocycles. The molecule has 1 fully saturated rings. The van der Waals surface area contributed by atoms with Gasteiger partial charge >= 0.3 is 0 Å². The molecule has 0 saturated carbocycles. The van der Waals surface area contributed by atoms with Gasteiger partial charge in [-0.2, -0.15) is 0 Å². The fraction of sp³-hybridized carbons (Fsp3) is 0.419. The zero-order valence-electron chi connectivity index (χ0n) is 22.2. The molecule has 194 valence electrons. The first-order chi connectivity index (χ1) is 18.0. The Morgan fingerprint density at radius 3 is 2.43 bits per heavy atom. The van der Waals surface area contributed by atoms with Crippen LogP contribution in [0.3, 0.4) is 0 Å². The van der Waals surface area contributed by atoms with Crippen molar-refractivity contribution >= 4 is 5.91 Å². The molecular formula is C31H37N3O3. The number of pyridine rings is 1. The third-order valence-electron chi connectivity index (χ3n) is 8.23. The van der Waals surface area contributed by atoms with Crippen molar-refractivity contribution in [1.82, 2.24) is 14.4 Å². The van der Waals surface area contributed by atoms with Crippen LogP contribution in [0.4, 0.5) is 0 Å². The highest BCUT2D eigenvalue weighted by molar-refractivity contribution is 5.95. The number of aryl methyl sites for hydroxylation is 3. The minimum absolute atomic E-state index is 0.137.